The molecule has 0 N–H and O–H groups in total. The van der Waals surface area contributed by atoms with Crippen molar-refractivity contribution >= 4 is 18.0 Å². The smallest absolute Gasteiger partial charge is 0.340 e. The van der Waals surface area contributed by atoms with Crippen molar-refractivity contribution in [1.82, 2.24) is 4.90 Å². The van der Waals surface area contributed by atoms with E-state index in [1.165, 1.54) is 12.7 Å². The molecule has 1 aliphatic heterocycles. The number of methoxy groups -OCH3 is 1. The number of hydrogen-bond acceptors (Lipinski definition) is 3. The van der Waals surface area contributed by atoms with Crippen molar-refractivity contribution in [1.29, 1.82) is 0 Å². The number of rotatable bonds is 5. The first-order valence-electron chi connectivity index (χ1n) is 9.01. The predicted octanol–water partition coefficient (Wildman–Crippen LogP) is 4.12. The summed E-state index contributed by atoms with van der Waals surface area (Å²) in [5, 5.41) is 0. The minimum absolute atomic E-state index is 0.184. The third-order valence-corrected chi connectivity index (χ3v) is 4.78. The Morgan fingerprint density at radius 1 is 1.04 bits per heavy atom. The van der Waals surface area contributed by atoms with Crippen molar-refractivity contribution in [2.45, 2.75) is 26.8 Å². The fraction of sp³-hybridized carbons (Fsp3) is 0.217. The van der Waals surface area contributed by atoms with Crippen LogP contribution in [-0.2, 0) is 27.3 Å². The van der Waals surface area contributed by atoms with Gasteiger partial charge >= 0.3 is 5.97 Å². The first kappa shape index (κ1) is 18.6. The number of ether oxygens (including phenoxy) is 1. The molecule has 4 heteroatoms. The van der Waals surface area contributed by atoms with E-state index in [-0.39, 0.29) is 5.91 Å². The highest BCUT2D eigenvalue weighted by atomic mass is 16.5. The van der Waals surface area contributed by atoms with E-state index in [9.17, 15) is 9.59 Å². The number of carbonyl (C=O) groups is 2. The van der Waals surface area contributed by atoms with E-state index in [2.05, 4.69) is 6.92 Å². The van der Waals surface area contributed by atoms with Crippen LogP contribution in [0.2, 0.25) is 0 Å². The summed E-state index contributed by atoms with van der Waals surface area (Å²) in [6.45, 7) is 4.29. The van der Waals surface area contributed by atoms with Crippen molar-refractivity contribution in [3.63, 3.8) is 0 Å². The maximum absolute atomic E-state index is 13.1. The molecular weight excluding hydrogens is 338 g/mol. The zero-order valence-corrected chi connectivity index (χ0v) is 15.9. The number of allylic oxidation sites excluding steroid dienone is 1. The molecule has 0 saturated carbocycles. The van der Waals surface area contributed by atoms with E-state index in [0.717, 1.165) is 17.5 Å². The van der Waals surface area contributed by atoms with Crippen molar-refractivity contribution in [3.05, 3.63) is 88.1 Å². The second-order valence-electron chi connectivity index (χ2n) is 6.48. The number of amides is 1. The average molecular weight is 361 g/mol. The molecule has 0 fully saturated rings. The number of hydrogen-bond donors (Lipinski definition) is 0. The summed E-state index contributed by atoms with van der Waals surface area (Å²) in [7, 11) is 1.33. The Morgan fingerprint density at radius 3 is 2.30 bits per heavy atom. The highest BCUT2D eigenvalue weighted by molar-refractivity contribution is 6.16. The monoisotopic (exact) mass is 361 g/mol. The van der Waals surface area contributed by atoms with Gasteiger partial charge in [-0.2, -0.15) is 0 Å². The molecule has 2 aromatic rings. The summed E-state index contributed by atoms with van der Waals surface area (Å²) >= 11 is 0. The Kier molecular flexibility index (Phi) is 5.55. The number of esters is 1. The topological polar surface area (TPSA) is 46.6 Å². The Balaban J connectivity index is 2.00. The van der Waals surface area contributed by atoms with Gasteiger partial charge in [-0.1, -0.05) is 61.5 Å². The molecule has 3 rings (SSSR count). The second kappa shape index (κ2) is 8.04. The van der Waals surface area contributed by atoms with E-state index in [4.69, 9.17) is 4.74 Å². The third-order valence-electron chi connectivity index (χ3n) is 4.78. The number of aryl methyl sites for hydroxylation is 1. The van der Waals surface area contributed by atoms with Gasteiger partial charge in [-0.15, -0.1) is 0 Å². The van der Waals surface area contributed by atoms with Crippen LogP contribution in [-0.4, -0.2) is 23.9 Å². The fourth-order valence-electron chi connectivity index (χ4n) is 3.20. The van der Waals surface area contributed by atoms with Crippen molar-refractivity contribution in [2.75, 3.05) is 7.11 Å². The molecule has 0 spiro atoms. The van der Waals surface area contributed by atoms with Crippen molar-refractivity contribution in [2.24, 2.45) is 0 Å². The lowest BCUT2D eigenvalue weighted by Crippen LogP contribution is -2.24. The first-order valence-corrected chi connectivity index (χ1v) is 9.01. The minimum atomic E-state index is -0.493. The second-order valence-corrected chi connectivity index (χ2v) is 6.48. The molecule has 2 aromatic carbocycles. The summed E-state index contributed by atoms with van der Waals surface area (Å²) in [6, 6.07) is 17.7. The lowest BCUT2D eigenvalue weighted by Gasteiger charge is -2.17. The molecule has 138 valence electrons. The molecule has 4 nitrogen and oxygen atoms in total. The van der Waals surface area contributed by atoms with Crippen LogP contribution in [0.5, 0.6) is 0 Å². The standard InChI is InChI=1S/C23H23NO3/c1-4-17-10-12-18(13-11-17)14-20-21(23(26)27-3)16(2)24(22(20)25)15-19-8-6-5-7-9-19/h5-14H,4,15H2,1-3H3/b20-14-. The van der Waals surface area contributed by atoms with Gasteiger partial charge in [0.2, 0.25) is 0 Å². The summed E-state index contributed by atoms with van der Waals surface area (Å²) in [4.78, 5) is 27.1. The van der Waals surface area contributed by atoms with E-state index in [1.54, 1.807) is 17.9 Å². The van der Waals surface area contributed by atoms with E-state index >= 15 is 0 Å². The Morgan fingerprint density at radius 2 is 1.70 bits per heavy atom. The normalized spacial score (nSPS) is 15.6. The maximum atomic E-state index is 13.1. The summed E-state index contributed by atoms with van der Waals surface area (Å²) < 4.78 is 4.94. The number of carbonyl (C=O) groups excluding carboxylic acids is 2. The lowest BCUT2D eigenvalue weighted by atomic mass is 10.0. The summed E-state index contributed by atoms with van der Waals surface area (Å²) in [5.74, 6) is -0.677. The molecule has 0 aromatic heterocycles. The van der Waals surface area contributed by atoms with Gasteiger partial charge in [0, 0.05) is 5.70 Å². The molecule has 1 amide bonds. The molecule has 0 unspecified atom stereocenters. The van der Waals surface area contributed by atoms with Gasteiger partial charge < -0.3 is 9.64 Å². The van der Waals surface area contributed by atoms with E-state index in [0.29, 0.717) is 23.4 Å². The number of nitrogens with zero attached hydrogens (tertiary/aromatic N) is 1. The van der Waals surface area contributed by atoms with Crippen molar-refractivity contribution in [3.8, 4) is 0 Å². The Hall–Kier alpha value is -3.14. The number of benzene rings is 2. The van der Waals surface area contributed by atoms with Crippen LogP contribution < -0.4 is 0 Å². The van der Waals surface area contributed by atoms with Gasteiger partial charge in [-0.3, -0.25) is 4.79 Å². The van der Waals surface area contributed by atoms with Crippen LogP contribution in [0, 0.1) is 0 Å². The van der Waals surface area contributed by atoms with Gasteiger partial charge in [-0.05, 0) is 36.1 Å². The van der Waals surface area contributed by atoms with Crippen LogP contribution in [0.1, 0.15) is 30.5 Å². The zero-order valence-electron chi connectivity index (χ0n) is 15.9. The largest absolute Gasteiger partial charge is 0.465 e. The average Bonchev–Trinajstić information content (AvgIpc) is 2.93. The Labute approximate surface area is 159 Å². The van der Waals surface area contributed by atoms with E-state index < -0.39 is 5.97 Å². The predicted molar refractivity (Wildman–Crippen MR) is 106 cm³/mol. The van der Waals surface area contributed by atoms with Crippen LogP contribution >= 0.6 is 0 Å². The van der Waals surface area contributed by atoms with Crippen LogP contribution in [0.3, 0.4) is 0 Å². The molecule has 0 saturated heterocycles. The lowest BCUT2D eigenvalue weighted by molar-refractivity contribution is -0.136. The van der Waals surface area contributed by atoms with Crippen molar-refractivity contribution < 1.29 is 14.3 Å². The molecule has 0 bridgehead atoms. The van der Waals surface area contributed by atoms with Crippen LogP contribution in [0.4, 0.5) is 0 Å². The molecule has 1 heterocycles. The van der Waals surface area contributed by atoms with Gasteiger partial charge in [0.15, 0.2) is 0 Å². The molecule has 0 aliphatic carbocycles. The summed E-state index contributed by atoms with van der Waals surface area (Å²) in [6.07, 6.45) is 2.72. The molecule has 1 aliphatic rings. The van der Waals surface area contributed by atoms with Gasteiger partial charge in [0.25, 0.3) is 5.91 Å². The minimum Gasteiger partial charge on any atom is -0.465 e. The molecular formula is C23H23NO3. The molecule has 0 radical (unpaired) electrons. The Bertz CT molecular complexity index is 908. The third kappa shape index (κ3) is 3.85. The van der Waals surface area contributed by atoms with Gasteiger partial charge in [-0.25, -0.2) is 4.79 Å². The highest BCUT2D eigenvalue weighted by Crippen LogP contribution is 2.32. The summed E-state index contributed by atoms with van der Waals surface area (Å²) in [5.41, 5.74) is 4.43. The van der Waals surface area contributed by atoms with Crippen LogP contribution in [0.15, 0.2) is 71.4 Å². The fourth-order valence-corrected chi connectivity index (χ4v) is 3.20. The first-order chi connectivity index (χ1) is 13.0. The van der Waals surface area contributed by atoms with E-state index in [1.807, 2.05) is 54.6 Å². The molecule has 0 atom stereocenters. The molecule has 27 heavy (non-hydrogen) atoms. The van der Waals surface area contributed by atoms with Gasteiger partial charge in [0.1, 0.15) is 0 Å². The van der Waals surface area contributed by atoms with Crippen LogP contribution in [0.25, 0.3) is 6.08 Å². The zero-order chi connectivity index (χ0) is 19.4. The maximum Gasteiger partial charge on any atom is 0.340 e. The SMILES string of the molecule is CCc1ccc(/C=C2\C(=O)N(Cc3ccccc3)C(C)=C2C(=O)OC)cc1. The quantitative estimate of drug-likeness (QED) is 0.594. The van der Waals surface area contributed by atoms with Gasteiger partial charge in [0.05, 0.1) is 24.8 Å². The highest BCUT2D eigenvalue weighted by Gasteiger charge is 2.36.